The molecule has 1 aromatic carbocycles. The lowest BCUT2D eigenvalue weighted by Gasteiger charge is -2.03. The predicted octanol–water partition coefficient (Wildman–Crippen LogP) is 2.71. The van der Waals surface area contributed by atoms with Gasteiger partial charge < -0.3 is 4.98 Å². The number of aryl methyl sites for hydroxylation is 2. The van der Waals surface area contributed by atoms with Crippen molar-refractivity contribution in [1.29, 1.82) is 0 Å². The van der Waals surface area contributed by atoms with Crippen molar-refractivity contribution in [3.8, 4) is 11.3 Å². The van der Waals surface area contributed by atoms with Gasteiger partial charge in [-0.05, 0) is 26.0 Å². The molecule has 1 N–H and O–H groups in total. The molecule has 82 valence electrons. The molecular weight excluding hydrogens is 224 g/mol. The first-order valence-corrected chi connectivity index (χ1v) is 5.29. The number of hydrogen-bond acceptors (Lipinski definition) is 2. The van der Waals surface area contributed by atoms with Crippen LogP contribution < -0.4 is 5.56 Å². The summed E-state index contributed by atoms with van der Waals surface area (Å²) >= 11 is 5.79. The van der Waals surface area contributed by atoms with Crippen LogP contribution in [0.5, 0.6) is 0 Å². The second-order valence-corrected chi connectivity index (χ2v) is 4.07. The topological polar surface area (TPSA) is 45.8 Å². The minimum atomic E-state index is -0.176. The zero-order valence-electron chi connectivity index (χ0n) is 9.04. The fourth-order valence-electron chi connectivity index (χ4n) is 1.43. The van der Waals surface area contributed by atoms with Gasteiger partial charge in [0.05, 0.1) is 5.69 Å². The number of nitrogens with zero attached hydrogens (tertiary/aromatic N) is 1. The minimum absolute atomic E-state index is 0.176. The summed E-state index contributed by atoms with van der Waals surface area (Å²) in [5.41, 5.74) is 2.64. The second kappa shape index (κ2) is 4.10. The normalized spacial score (nSPS) is 10.4. The van der Waals surface area contributed by atoms with Crippen molar-refractivity contribution in [2.45, 2.75) is 13.8 Å². The lowest BCUT2D eigenvalue weighted by molar-refractivity contribution is 1.02. The van der Waals surface area contributed by atoms with Crippen molar-refractivity contribution in [2.24, 2.45) is 0 Å². The molecule has 2 rings (SSSR count). The van der Waals surface area contributed by atoms with E-state index in [-0.39, 0.29) is 5.56 Å². The second-order valence-electron chi connectivity index (χ2n) is 3.63. The Hall–Kier alpha value is -1.61. The maximum atomic E-state index is 11.7. The van der Waals surface area contributed by atoms with Crippen LogP contribution in [0.4, 0.5) is 0 Å². The van der Waals surface area contributed by atoms with Crippen LogP contribution in [0.25, 0.3) is 11.3 Å². The molecule has 0 aliphatic carbocycles. The van der Waals surface area contributed by atoms with Crippen molar-refractivity contribution in [2.75, 3.05) is 0 Å². The van der Waals surface area contributed by atoms with Gasteiger partial charge in [0.25, 0.3) is 5.56 Å². The maximum absolute atomic E-state index is 11.7. The standard InChI is InChI=1S/C12H11ClN2O/c1-7-8(2)15-12(16)11(14-7)9-3-5-10(13)6-4-9/h3-6H,1-2H3,(H,15,16). The Balaban J connectivity index is 2.60. The zero-order chi connectivity index (χ0) is 11.7. The lowest BCUT2D eigenvalue weighted by atomic mass is 10.1. The van der Waals surface area contributed by atoms with Crippen LogP contribution in [0.2, 0.25) is 5.02 Å². The van der Waals surface area contributed by atoms with Gasteiger partial charge in [-0.15, -0.1) is 0 Å². The molecule has 1 aromatic heterocycles. The zero-order valence-corrected chi connectivity index (χ0v) is 9.80. The van der Waals surface area contributed by atoms with Crippen LogP contribution in [-0.4, -0.2) is 9.97 Å². The average Bonchev–Trinajstić information content (AvgIpc) is 2.25. The molecule has 0 fully saturated rings. The van der Waals surface area contributed by atoms with Crippen molar-refractivity contribution in [3.05, 3.63) is 51.0 Å². The van der Waals surface area contributed by atoms with Gasteiger partial charge in [-0.3, -0.25) is 4.79 Å². The highest BCUT2D eigenvalue weighted by Crippen LogP contribution is 2.17. The fourth-order valence-corrected chi connectivity index (χ4v) is 1.55. The molecule has 0 amide bonds. The van der Waals surface area contributed by atoms with Crippen molar-refractivity contribution in [3.63, 3.8) is 0 Å². The number of nitrogens with one attached hydrogen (secondary N) is 1. The summed E-state index contributed by atoms with van der Waals surface area (Å²) in [6.07, 6.45) is 0. The molecule has 3 nitrogen and oxygen atoms in total. The Kier molecular flexibility index (Phi) is 2.79. The third-order valence-electron chi connectivity index (χ3n) is 2.46. The molecule has 0 aliphatic heterocycles. The summed E-state index contributed by atoms with van der Waals surface area (Å²) in [6, 6.07) is 7.06. The highest BCUT2D eigenvalue weighted by molar-refractivity contribution is 6.30. The molecule has 0 atom stereocenters. The molecule has 0 aliphatic rings. The van der Waals surface area contributed by atoms with E-state index in [1.807, 2.05) is 13.8 Å². The number of benzene rings is 1. The largest absolute Gasteiger partial charge is 0.323 e. The summed E-state index contributed by atoms with van der Waals surface area (Å²) in [4.78, 5) is 18.8. The first-order valence-electron chi connectivity index (χ1n) is 4.91. The van der Waals surface area contributed by atoms with Gasteiger partial charge >= 0.3 is 0 Å². The number of aromatic amines is 1. The van der Waals surface area contributed by atoms with Crippen LogP contribution in [0.15, 0.2) is 29.1 Å². The monoisotopic (exact) mass is 234 g/mol. The molecule has 0 radical (unpaired) electrons. The summed E-state index contributed by atoms with van der Waals surface area (Å²) in [5.74, 6) is 0. The number of H-pyrrole nitrogens is 1. The number of aromatic nitrogens is 2. The van der Waals surface area contributed by atoms with Gasteiger partial charge in [0.2, 0.25) is 0 Å². The number of rotatable bonds is 1. The number of hydrogen-bond donors (Lipinski definition) is 1. The minimum Gasteiger partial charge on any atom is -0.323 e. The van der Waals surface area contributed by atoms with E-state index in [1.54, 1.807) is 24.3 Å². The van der Waals surface area contributed by atoms with Crippen LogP contribution in [0.3, 0.4) is 0 Å². The van der Waals surface area contributed by atoms with Gasteiger partial charge in [0.1, 0.15) is 5.69 Å². The van der Waals surface area contributed by atoms with Gasteiger partial charge in [-0.2, -0.15) is 0 Å². The van der Waals surface area contributed by atoms with Gasteiger partial charge in [0.15, 0.2) is 0 Å². The van der Waals surface area contributed by atoms with E-state index >= 15 is 0 Å². The highest BCUT2D eigenvalue weighted by Gasteiger charge is 2.07. The van der Waals surface area contributed by atoms with Crippen LogP contribution in [0.1, 0.15) is 11.4 Å². The maximum Gasteiger partial charge on any atom is 0.274 e. The smallest absolute Gasteiger partial charge is 0.274 e. The van der Waals surface area contributed by atoms with Crippen molar-refractivity contribution >= 4 is 11.6 Å². The fraction of sp³-hybridized carbons (Fsp3) is 0.167. The summed E-state index contributed by atoms with van der Waals surface area (Å²) in [7, 11) is 0. The van der Waals surface area contributed by atoms with Gasteiger partial charge in [-0.25, -0.2) is 4.98 Å². The molecule has 4 heteroatoms. The number of halogens is 1. The Labute approximate surface area is 98.1 Å². The molecular formula is C12H11ClN2O. The van der Waals surface area contributed by atoms with E-state index < -0.39 is 0 Å². The van der Waals surface area contributed by atoms with Crippen LogP contribution in [0, 0.1) is 13.8 Å². The van der Waals surface area contributed by atoms with E-state index in [1.165, 1.54) is 0 Å². The lowest BCUT2D eigenvalue weighted by Crippen LogP contribution is -2.14. The molecule has 0 saturated heterocycles. The van der Waals surface area contributed by atoms with E-state index in [2.05, 4.69) is 9.97 Å². The van der Waals surface area contributed by atoms with E-state index in [9.17, 15) is 4.79 Å². The SMILES string of the molecule is Cc1nc(-c2ccc(Cl)cc2)c(=O)[nH]c1C. The molecule has 2 aromatic rings. The first kappa shape index (κ1) is 10.9. The molecule has 0 spiro atoms. The molecule has 0 bridgehead atoms. The molecule has 16 heavy (non-hydrogen) atoms. The van der Waals surface area contributed by atoms with Crippen molar-refractivity contribution < 1.29 is 0 Å². The molecule has 0 saturated carbocycles. The van der Waals surface area contributed by atoms with Crippen LogP contribution >= 0.6 is 11.6 Å². The van der Waals surface area contributed by atoms with Crippen LogP contribution in [-0.2, 0) is 0 Å². The Morgan fingerprint density at radius 1 is 1.19 bits per heavy atom. The highest BCUT2D eigenvalue weighted by atomic mass is 35.5. The molecule has 0 unspecified atom stereocenters. The van der Waals surface area contributed by atoms with Crippen molar-refractivity contribution in [1.82, 2.24) is 9.97 Å². The third-order valence-corrected chi connectivity index (χ3v) is 2.71. The van der Waals surface area contributed by atoms with Gasteiger partial charge in [0, 0.05) is 16.3 Å². The van der Waals surface area contributed by atoms with Gasteiger partial charge in [-0.1, -0.05) is 23.7 Å². The van der Waals surface area contributed by atoms with E-state index in [0.717, 1.165) is 17.0 Å². The summed E-state index contributed by atoms with van der Waals surface area (Å²) in [5, 5.41) is 0.643. The Morgan fingerprint density at radius 2 is 1.81 bits per heavy atom. The third kappa shape index (κ3) is 1.99. The predicted molar refractivity (Wildman–Crippen MR) is 64.8 cm³/mol. The van der Waals surface area contributed by atoms with E-state index in [4.69, 9.17) is 11.6 Å². The Morgan fingerprint density at radius 3 is 2.44 bits per heavy atom. The average molecular weight is 235 g/mol. The molecule has 1 heterocycles. The summed E-state index contributed by atoms with van der Waals surface area (Å²) < 4.78 is 0. The first-order chi connectivity index (χ1) is 7.58. The summed E-state index contributed by atoms with van der Waals surface area (Å²) in [6.45, 7) is 3.69. The Bertz CT molecular complexity index is 573. The van der Waals surface area contributed by atoms with E-state index in [0.29, 0.717) is 10.7 Å². The quantitative estimate of drug-likeness (QED) is 0.825.